The number of aromatic nitrogens is 2. The van der Waals surface area contributed by atoms with Gasteiger partial charge >= 0.3 is 0 Å². The van der Waals surface area contributed by atoms with Gasteiger partial charge < -0.3 is 10.2 Å². The first-order valence-corrected chi connectivity index (χ1v) is 11.2. The van der Waals surface area contributed by atoms with Gasteiger partial charge in [-0.1, -0.05) is 54.6 Å². The van der Waals surface area contributed by atoms with E-state index in [1.807, 2.05) is 86.2 Å². The summed E-state index contributed by atoms with van der Waals surface area (Å²) in [6.07, 6.45) is 0.868. The molecule has 4 aromatic rings. The Balaban J connectivity index is 1.55. The van der Waals surface area contributed by atoms with Gasteiger partial charge in [0.25, 0.3) is 5.91 Å². The second-order valence-electron chi connectivity index (χ2n) is 7.66. The van der Waals surface area contributed by atoms with E-state index in [1.165, 1.54) is 5.56 Å². The molecule has 1 atom stereocenters. The highest BCUT2D eigenvalue weighted by atomic mass is 32.1. The smallest absolute Gasteiger partial charge is 0.270 e. The Morgan fingerprint density at radius 1 is 1.03 bits per heavy atom. The van der Waals surface area contributed by atoms with E-state index >= 15 is 0 Å². The Labute approximate surface area is 187 Å². The first-order chi connectivity index (χ1) is 15.1. The van der Waals surface area contributed by atoms with Crippen molar-refractivity contribution in [3.8, 4) is 16.3 Å². The summed E-state index contributed by atoms with van der Waals surface area (Å²) < 4.78 is 1.73. The van der Waals surface area contributed by atoms with Crippen molar-refractivity contribution in [2.75, 3.05) is 20.6 Å². The molecule has 0 saturated carbocycles. The third-order valence-electron chi connectivity index (χ3n) is 5.26. The molecule has 158 valence electrons. The van der Waals surface area contributed by atoms with Crippen molar-refractivity contribution < 1.29 is 4.79 Å². The summed E-state index contributed by atoms with van der Waals surface area (Å²) in [5.74, 6) is -0.126. The fourth-order valence-corrected chi connectivity index (χ4v) is 4.16. The third-order valence-corrected chi connectivity index (χ3v) is 6.15. The first kappa shape index (κ1) is 21.0. The molecule has 2 aromatic carbocycles. The minimum Gasteiger partial charge on any atom is -0.349 e. The first-order valence-electron chi connectivity index (χ1n) is 10.3. The van der Waals surface area contributed by atoms with Crippen molar-refractivity contribution >= 4 is 17.2 Å². The summed E-state index contributed by atoms with van der Waals surface area (Å²) >= 11 is 1.61. The average Bonchev–Trinajstić information content (AvgIpc) is 3.47. The average molecular weight is 431 g/mol. The number of para-hydroxylation sites is 1. The molecule has 0 spiro atoms. The zero-order valence-electron chi connectivity index (χ0n) is 17.7. The molecule has 0 bridgehead atoms. The number of carbonyl (C=O) groups is 1. The van der Waals surface area contributed by atoms with E-state index in [0.717, 1.165) is 22.7 Å². The van der Waals surface area contributed by atoms with Gasteiger partial charge in [0.05, 0.1) is 10.6 Å². The summed E-state index contributed by atoms with van der Waals surface area (Å²) in [5, 5.41) is 9.88. The zero-order valence-corrected chi connectivity index (χ0v) is 18.5. The standard InChI is InChI=1S/C25H26N4OS/c1-28(2)21(16-19-10-5-3-6-11-19)18-26-25(30)23-17-22(24-14-9-15-31-24)27-29(23)20-12-7-4-8-13-20/h3-15,17,21H,16,18H2,1-2H3,(H,26,30). The van der Waals surface area contributed by atoms with Gasteiger partial charge in [-0.05, 0) is 55.7 Å². The fourth-order valence-electron chi connectivity index (χ4n) is 3.48. The zero-order chi connectivity index (χ0) is 21.6. The number of benzene rings is 2. The normalized spacial score (nSPS) is 12.1. The Morgan fingerprint density at radius 2 is 1.74 bits per heavy atom. The van der Waals surface area contributed by atoms with Crippen LogP contribution in [0, 0.1) is 0 Å². The molecular formula is C25H26N4OS. The maximum absolute atomic E-state index is 13.2. The maximum atomic E-state index is 13.2. The molecule has 4 rings (SSSR count). The van der Waals surface area contributed by atoms with E-state index in [4.69, 9.17) is 5.10 Å². The van der Waals surface area contributed by atoms with Crippen LogP contribution in [0.4, 0.5) is 0 Å². The highest BCUT2D eigenvalue weighted by Crippen LogP contribution is 2.25. The third kappa shape index (κ3) is 5.10. The molecular weight excluding hydrogens is 404 g/mol. The van der Waals surface area contributed by atoms with Crippen LogP contribution in [-0.2, 0) is 6.42 Å². The van der Waals surface area contributed by atoms with E-state index in [1.54, 1.807) is 16.0 Å². The number of thiophene rings is 1. The molecule has 1 N–H and O–H groups in total. The van der Waals surface area contributed by atoms with Crippen LogP contribution in [0.5, 0.6) is 0 Å². The van der Waals surface area contributed by atoms with Gasteiger partial charge in [-0.3, -0.25) is 4.79 Å². The van der Waals surface area contributed by atoms with Gasteiger partial charge in [0, 0.05) is 12.6 Å². The Kier molecular flexibility index (Phi) is 6.60. The number of nitrogens with one attached hydrogen (secondary N) is 1. The van der Waals surface area contributed by atoms with Gasteiger partial charge in [0.15, 0.2) is 0 Å². The number of likely N-dealkylation sites (N-methyl/N-ethyl adjacent to an activating group) is 1. The highest BCUT2D eigenvalue weighted by molar-refractivity contribution is 7.13. The predicted molar refractivity (Wildman–Crippen MR) is 127 cm³/mol. The molecule has 0 aliphatic heterocycles. The van der Waals surface area contributed by atoms with Crippen molar-refractivity contribution in [3.05, 3.63) is 95.5 Å². The van der Waals surface area contributed by atoms with Crippen LogP contribution in [0.25, 0.3) is 16.3 Å². The van der Waals surface area contributed by atoms with E-state index < -0.39 is 0 Å². The van der Waals surface area contributed by atoms with Crippen molar-refractivity contribution in [2.24, 2.45) is 0 Å². The van der Waals surface area contributed by atoms with E-state index in [-0.39, 0.29) is 11.9 Å². The van der Waals surface area contributed by atoms with Crippen LogP contribution in [0.3, 0.4) is 0 Å². The fraction of sp³-hybridized carbons (Fsp3) is 0.200. The lowest BCUT2D eigenvalue weighted by atomic mass is 10.1. The monoisotopic (exact) mass is 430 g/mol. The topological polar surface area (TPSA) is 50.2 Å². The van der Waals surface area contributed by atoms with E-state index in [9.17, 15) is 4.79 Å². The molecule has 0 aliphatic rings. The number of nitrogens with zero attached hydrogens (tertiary/aromatic N) is 3. The van der Waals surface area contributed by atoms with E-state index in [0.29, 0.717) is 12.2 Å². The minimum atomic E-state index is -0.126. The van der Waals surface area contributed by atoms with Gasteiger partial charge in [0.2, 0.25) is 0 Å². The number of carbonyl (C=O) groups excluding carboxylic acids is 1. The molecule has 5 nitrogen and oxygen atoms in total. The highest BCUT2D eigenvalue weighted by Gasteiger charge is 2.20. The van der Waals surface area contributed by atoms with Crippen LogP contribution in [0.1, 0.15) is 16.1 Å². The second kappa shape index (κ2) is 9.73. The molecule has 31 heavy (non-hydrogen) atoms. The maximum Gasteiger partial charge on any atom is 0.270 e. The Bertz CT molecular complexity index is 1110. The summed E-state index contributed by atoms with van der Waals surface area (Å²) in [6, 6.07) is 26.2. The lowest BCUT2D eigenvalue weighted by molar-refractivity contribution is 0.0934. The van der Waals surface area contributed by atoms with Gasteiger partial charge in [-0.2, -0.15) is 5.10 Å². The van der Waals surface area contributed by atoms with Crippen molar-refractivity contribution in [1.82, 2.24) is 20.0 Å². The van der Waals surface area contributed by atoms with Crippen molar-refractivity contribution in [3.63, 3.8) is 0 Å². The van der Waals surface area contributed by atoms with Crippen LogP contribution < -0.4 is 5.32 Å². The van der Waals surface area contributed by atoms with Crippen LogP contribution >= 0.6 is 11.3 Å². The molecule has 1 unspecified atom stereocenters. The summed E-state index contributed by atoms with van der Waals surface area (Å²) in [7, 11) is 4.09. The number of rotatable bonds is 8. The van der Waals surface area contributed by atoms with Gasteiger partial charge in [0.1, 0.15) is 11.4 Å². The number of amides is 1. The van der Waals surface area contributed by atoms with E-state index in [2.05, 4.69) is 22.3 Å². The quantitative estimate of drug-likeness (QED) is 0.448. The predicted octanol–water partition coefficient (Wildman–Crippen LogP) is 4.50. The lowest BCUT2D eigenvalue weighted by Gasteiger charge is -2.24. The Morgan fingerprint density at radius 3 is 2.39 bits per heavy atom. The molecule has 0 radical (unpaired) electrons. The van der Waals surface area contributed by atoms with Crippen LogP contribution in [-0.4, -0.2) is 47.3 Å². The summed E-state index contributed by atoms with van der Waals surface area (Å²) in [4.78, 5) is 16.4. The van der Waals surface area contributed by atoms with Gasteiger partial charge in [-0.15, -0.1) is 11.3 Å². The van der Waals surface area contributed by atoms with Crippen molar-refractivity contribution in [1.29, 1.82) is 0 Å². The molecule has 6 heteroatoms. The molecule has 0 aliphatic carbocycles. The van der Waals surface area contributed by atoms with Gasteiger partial charge in [-0.25, -0.2) is 4.68 Å². The Hall–Kier alpha value is -3.22. The molecule has 0 saturated heterocycles. The molecule has 0 fully saturated rings. The summed E-state index contributed by atoms with van der Waals surface area (Å²) in [5.41, 5.74) is 3.46. The minimum absolute atomic E-state index is 0.126. The van der Waals surface area contributed by atoms with Crippen molar-refractivity contribution in [2.45, 2.75) is 12.5 Å². The SMILES string of the molecule is CN(C)C(CNC(=O)c1cc(-c2cccs2)nn1-c1ccccc1)Cc1ccccc1. The molecule has 1 amide bonds. The second-order valence-corrected chi connectivity index (χ2v) is 8.60. The molecule has 2 heterocycles. The largest absolute Gasteiger partial charge is 0.349 e. The summed E-state index contributed by atoms with van der Waals surface area (Å²) in [6.45, 7) is 0.551. The van der Waals surface area contributed by atoms with Crippen LogP contribution in [0.2, 0.25) is 0 Å². The van der Waals surface area contributed by atoms with Crippen LogP contribution in [0.15, 0.2) is 84.2 Å². The lowest BCUT2D eigenvalue weighted by Crippen LogP contribution is -2.42. The number of hydrogen-bond donors (Lipinski definition) is 1. The molecule has 2 aromatic heterocycles. The number of hydrogen-bond acceptors (Lipinski definition) is 4.